The van der Waals surface area contributed by atoms with E-state index in [2.05, 4.69) is 17.1 Å². The minimum absolute atomic E-state index is 0.0368. The number of fused-ring (bicyclic) bond motifs is 1. The van der Waals surface area contributed by atoms with E-state index in [9.17, 15) is 14.7 Å². The van der Waals surface area contributed by atoms with Crippen molar-refractivity contribution in [3.63, 3.8) is 0 Å². The van der Waals surface area contributed by atoms with Crippen LogP contribution in [0.2, 0.25) is 0 Å². The molecule has 3 rings (SSSR count). The molecule has 1 heterocycles. The zero-order valence-electron chi connectivity index (χ0n) is 14.7. The van der Waals surface area contributed by atoms with E-state index >= 15 is 0 Å². The van der Waals surface area contributed by atoms with Gasteiger partial charge < -0.3 is 14.6 Å². The standard InChI is InChI=1S/C19H19N3O5/c1-12(2)18(24)26-9-10-27-19(25)13-7-8-14-16(11-13)22(20-14)21-15-5-3-4-6-17(15)23/h3-8,11,20-21,23H,1,9-10H2,2H3. The van der Waals surface area contributed by atoms with Gasteiger partial charge in [0.05, 0.1) is 16.8 Å². The van der Waals surface area contributed by atoms with Gasteiger partial charge in [-0.2, -0.15) is 4.79 Å². The first-order valence-electron chi connectivity index (χ1n) is 8.21. The lowest BCUT2D eigenvalue weighted by Crippen LogP contribution is -2.20. The number of hydrogen-bond acceptors (Lipinski definition) is 6. The van der Waals surface area contributed by atoms with Gasteiger partial charge in [-0.25, -0.2) is 9.59 Å². The van der Waals surface area contributed by atoms with E-state index in [1.807, 2.05) is 0 Å². The van der Waals surface area contributed by atoms with Crippen LogP contribution < -0.4 is 5.43 Å². The van der Waals surface area contributed by atoms with Crippen LogP contribution in [0.4, 0.5) is 5.69 Å². The van der Waals surface area contributed by atoms with Crippen LogP contribution in [0.1, 0.15) is 17.3 Å². The minimum Gasteiger partial charge on any atom is -0.506 e. The van der Waals surface area contributed by atoms with Crippen molar-refractivity contribution in [3.05, 3.63) is 60.2 Å². The summed E-state index contributed by atoms with van der Waals surface area (Å²) in [6, 6.07) is 11.8. The maximum atomic E-state index is 12.2. The molecule has 0 aliphatic heterocycles. The smallest absolute Gasteiger partial charge is 0.338 e. The number of aromatic nitrogens is 2. The second-order valence-corrected chi connectivity index (χ2v) is 5.86. The molecule has 0 saturated heterocycles. The number of H-pyrrole nitrogens is 1. The number of hydrogen-bond donors (Lipinski definition) is 3. The Morgan fingerprint density at radius 1 is 1.19 bits per heavy atom. The van der Waals surface area contributed by atoms with Gasteiger partial charge in [-0.1, -0.05) is 18.7 Å². The Labute approximate surface area is 154 Å². The van der Waals surface area contributed by atoms with Gasteiger partial charge in [0.15, 0.2) is 0 Å². The van der Waals surface area contributed by atoms with Crippen molar-refractivity contribution in [3.8, 4) is 5.75 Å². The van der Waals surface area contributed by atoms with E-state index in [1.165, 1.54) is 0 Å². The van der Waals surface area contributed by atoms with Gasteiger partial charge in [0.2, 0.25) is 0 Å². The number of carbonyl (C=O) groups excluding carboxylic acids is 2. The summed E-state index contributed by atoms with van der Waals surface area (Å²) in [4.78, 5) is 25.0. The van der Waals surface area contributed by atoms with Crippen molar-refractivity contribution in [1.29, 1.82) is 0 Å². The number of rotatable bonds is 7. The lowest BCUT2D eigenvalue weighted by molar-refractivity contribution is -0.140. The van der Waals surface area contributed by atoms with Gasteiger partial charge in [0.25, 0.3) is 0 Å². The number of benzene rings is 2. The molecule has 1 aromatic heterocycles. The molecule has 8 nitrogen and oxygen atoms in total. The van der Waals surface area contributed by atoms with Gasteiger partial charge in [0.1, 0.15) is 24.5 Å². The van der Waals surface area contributed by atoms with Crippen LogP contribution in [0.5, 0.6) is 5.75 Å². The molecule has 0 aliphatic rings. The molecule has 0 radical (unpaired) electrons. The highest BCUT2D eigenvalue weighted by Crippen LogP contribution is 2.24. The molecular weight excluding hydrogens is 350 g/mol. The van der Waals surface area contributed by atoms with E-state index in [0.29, 0.717) is 11.3 Å². The highest BCUT2D eigenvalue weighted by atomic mass is 16.6. The summed E-state index contributed by atoms with van der Waals surface area (Å²) in [5.41, 5.74) is 5.70. The average molecular weight is 369 g/mol. The summed E-state index contributed by atoms with van der Waals surface area (Å²) in [5.74, 6) is -0.949. The fourth-order valence-electron chi connectivity index (χ4n) is 2.32. The van der Waals surface area contributed by atoms with Crippen LogP contribution >= 0.6 is 0 Å². The first-order chi connectivity index (χ1) is 13.0. The second-order valence-electron chi connectivity index (χ2n) is 5.86. The number of nitrogens with zero attached hydrogens (tertiary/aromatic N) is 1. The first-order valence-corrected chi connectivity index (χ1v) is 8.21. The van der Waals surface area contributed by atoms with Gasteiger partial charge in [-0.3, -0.25) is 10.5 Å². The fourth-order valence-corrected chi connectivity index (χ4v) is 2.32. The fraction of sp³-hybridized carbons (Fsp3) is 0.158. The molecule has 0 atom stereocenters. The van der Waals surface area contributed by atoms with E-state index in [0.717, 1.165) is 11.0 Å². The van der Waals surface area contributed by atoms with E-state index in [4.69, 9.17) is 9.47 Å². The number of aromatic hydroxyl groups is 1. The molecule has 140 valence electrons. The molecule has 0 spiro atoms. The zero-order valence-corrected chi connectivity index (χ0v) is 14.7. The highest BCUT2D eigenvalue weighted by Gasteiger charge is 2.13. The molecule has 3 aromatic rings. The number of phenolic OH excluding ortho intramolecular Hbond substituents is 1. The van der Waals surface area contributed by atoms with E-state index < -0.39 is 11.9 Å². The number of aromatic amines is 1. The van der Waals surface area contributed by atoms with Crippen molar-refractivity contribution in [1.82, 2.24) is 9.89 Å². The molecular formula is C19H19N3O5. The Balaban J connectivity index is 1.62. The van der Waals surface area contributed by atoms with Crippen LogP contribution in [0, 0.1) is 0 Å². The molecule has 0 fully saturated rings. The highest BCUT2D eigenvalue weighted by molar-refractivity contribution is 5.94. The molecule has 0 unspecified atom stereocenters. The van der Waals surface area contributed by atoms with Crippen molar-refractivity contribution < 1.29 is 24.2 Å². The minimum atomic E-state index is -0.529. The number of phenols is 1. The molecule has 3 N–H and O–H groups in total. The molecule has 27 heavy (non-hydrogen) atoms. The predicted molar refractivity (Wildman–Crippen MR) is 99.5 cm³/mol. The van der Waals surface area contributed by atoms with Crippen LogP contribution in [0.15, 0.2) is 54.6 Å². The Morgan fingerprint density at radius 2 is 1.93 bits per heavy atom. The van der Waals surface area contributed by atoms with Gasteiger partial charge in [-0.15, -0.1) is 0 Å². The third kappa shape index (κ3) is 4.12. The Hall–Kier alpha value is -3.68. The van der Waals surface area contributed by atoms with Crippen LogP contribution in [0.3, 0.4) is 0 Å². The summed E-state index contributed by atoms with van der Waals surface area (Å²) < 4.78 is 9.98. The first kappa shape index (κ1) is 18.1. The maximum Gasteiger partial charge on any atom is 0.338 e. The maximum absolute atomic E-state index is 12.2. The number of anilines is 1. The summed E-state index contributed by atoms with van der Waals surface area (Å²) >= 11 is 0. The van der Waals surface area contributed by atoms with Crippen LogP contribution in [-0.4, -0.2) is 40.1 Å². The SMILES string of the molecule is C=C(C)C(=O)OCCOC(=O)c1ccc2[nH]n(Nc3ccccc3O)c2c1. The molecule has 0 aliphatic carbocycles. The van der Waals surface area contributed by atoms with Gasteiger partial charge in [0, 0.05) is 5.57 Å². The summed E-state index contributed by atoms with van der Waals surface area (Å²) in [6.45, 7) is 4.92. The largest absolute Gasteiger partial charge is 0.506 e. The quantitative estimate of drug-likeness (QED) is 0.256. The van der Waals surface area contributed by atoms with Crippen LogP contribution in [0.25, 0.3) is 11.0 Å². The third-order valence-corrected chi connectivity index (χ3v) is 3.74. The van der Waals surface area contributed by atoms with Crippen molar-refractivity contribution in [2.24, 2.45) is 0 Å². The summed E-state index contributed by atoms with van der Waals surface area (Å²) in [6.07, 6.45) is 0. The molecule has 2 aromatic carbocycles. The van der Waals surface area contributed by atoms with Crippen LogP contribution in [-0.2, 0) is 14.3 Å². The topological polar surface area (TPSA) is 106 Å². The lowest BCUT2D eigenvalue weighted by Gasteiger charge is -2.19. The summed E-state index contributed by atoms with van der Waals surface area (Å²) in [7, 11) is 0. The van der Waals surface area contributed by atoms with Crippen molar-refractivity contribution in [2.75, 3.05) is 18.6 Å². The Kier molecular flexibility index (Phi) is 5.16. The molecule has 0 amide bonds. The van der Waals surface area contributed by atoms with Crippen molar-refractivity contribution >= 4 is 28.7 Å². The normalized spacial score (nSPS) is 10.6. The molecule has 8 heteroatoms. The summed E-state index contributed by atoms with van der Waals surface area (Å²) in [5, 5.41) is 12.9. The number of esters is 2. The zero-order chi connectivity index (χ0) is 19.4. The number of ether oxygens (including phenoxy) is 2. The van der Waals surface area contributed by atoms with Gasteiger partial charge in [-0.05, 0) is 37.3 Å². The number of carbonyl (C=O) groups is 2. The third-order valence-electron chi connectivity index (χ3n) is 3.74. The van der Waals surface area contributed by atoms with Gasteiger partial charge >= 0.3 is 11.9 Å². The molecule has 0 saturated carbocycles. The van der Waals surface area contributed by atoms with E-state index in [1.54, 1.807) is 54.2 Å². The van der Waals surface area contributed by atoms with Crippen molar-refractivity contribution in [2.45, 2.75) is 6.92 Å². The Bertz CT molecular complexity index is 1000. The second kappa shape index (κ2) is 7.69. The monoisotopic (exact) mass is 369 g/mol. The predicted octanol–water partition coefficient (Wildman–Crippen LogP) is 2.83. The lowest BCUT2D eigenvalue weighted by atomic mass is 10.2. The number of para-hydroxylation sites is 2. The number of nitrogens with one attached hydrogen (secondary N) is 2. The van der Waals surface area contributed by atoms with E-state index in [-0.39, 0.29) is 24.5 Å². The average Bonchev–Trinajstić information content (AvgIpc) is 2.64. The Morgan fingerprint density at radius 3 is 2.67 bits per heavy atom. The molecule has 0 bridgehead atoms.